The zero-order valence-corrected chi connectivity index (χ0v) is 16.6. The zero-order chi connectivity index (χ0) is 21.4. The average Bonchev–Trinajstić information content (AvgIpc) is 3.23. The lowest BCUT2D eigenvalue weighted by atomic mass is 9.93. The van der Waals surface area contributed by atoms with Crippen molar-refractivity contribution in [1.29, 1.82) is 0 Å². The highest BCUT2D eigenvalue weighted by Crippen LogP contribution is 2.59. The fourth-order valence-corrected chi connectivity index (χ4v) is 4.24. The molecule has 0 spiro atoms. The Labute approximate surface area is 167 Å². The second kappa shape index (κ2) is 7.76. The number of amides is 2. The first-order chi connectivity index (χ1) is 13.6. The van der Waals surface area contributed by atoms with Gasteiger partial charge in [-0.05, 0) is 42.9 Å². The lowest BCUT2D eigenvalue weighted by Gasteiger charge is -2.26. The van der Waals surface area contributed by atoms with E-state index >= 15 is 0 Å². The topological polar surface area (TPSA) is 67.9 Å². The first-order valence-electron chi connectivity index (χ1n) is 9.57. The molecule has 2 aliphatic rings. The van der Waals surface area contributed by atoms with Gasteiger partial charge in [0.05, 0.1) is 13.0 Å². The maximum absolute atomic E-state index is 12.9. The van der Waals surface area contributed by atoms with Crippen LogP contribution in [0.1, 0.15) is 30.9 Å². The summed E-state index contributed by atoms with van der Waals surface area (Å²) in [5.41, 5.74) is 1.15. The Balaban J connectivity index is 1.68. The molecule has 0 radical (unpaired) electrons. The molecule has 3 atom stereocenters. The summed E-state index contributed by atoms with van der Waals surface area (Å²) in [6.45, 7) is 4.83. The molecule has 9 heteroatoms. The number of nitrogens with one attached hydrogen (secondary N) is 1. The van der Waals surface area contributed by atoms with Gasteiger partial charge in [0.1, 0.15) is 5.75 Å². The Bertz CT molecular complexity index is 798. The SMILES string of the molecule is CC[C@H](CNC(=O)OC)C(=O)N1CC2CC2(c2ccc(OC(F)(F)F)c(C)c2)C1. The number of fused-ring (bicyclic) bond motifs is 1. The van der Waals surface area contributed by atoms with Crippen LogP contribution in [-0.4, -0.2) is 50.0 Å². The highest BCUT2D eigenvalue weighted by Gasteiger charge is 2.61. The number of carbonyl (C=O) groups excluding carboxylic acids is 2. The molecule has 29 heavy (non-hydrogen) atoms. The molecular weight excluding hydrogens is 389 g/mol. The van der Waals surface area contributed by atoms with Crippen molar-refractivity contribution in [2.75, 3.05) is 26.7 Å². The Kier molecular flexibility index (Phi) is 5.69. The fraction of sp³-hybridized carbons (Fsp3) is 0.600. The van der Waals surface area contributed by atoms with Gasteiger partial charge in [-0.3, -0.25) is 4.79 Å². The normalized spacial score (nSPS) is 23.9. The van der Waals surface area contributed by atoms with Crippen molar-refractivity contribution in [1.82, 2.24) is 10.2 Å². The lowest BCUT2D eigenvalue weighted by molar-refractivity contribution is -0.274. The number of aryl methyl sites for hydroxylation is 1. The molecule has 1 saturated carbocycles. The van der Waals surface area contributed by atoms with Crippen LogP contribution in [0, 0.1) is 18.8 Å². The van der Waals surface area contributed by atoms with Crippen LogP contribution in [0.5, 0.6) is 5.75 Å². The number of alkyl halides is 3. The number of ether oxygens (including phenoxy) is 2. The van der Waals surface area contributed by atoms with Gasteiger partial charge in [-0.2, -0.15) is 0 Å². The molecule has 0 bridgehead atoms. The molecule has 1 aromatic rings. The van der Waals surface area contributed by atoms with Gasteiger partial charge in [-0.15, -0.1) is 13.2 Å². The van der Waals surface area contributed by atoms with Crippen molar-refractivity contribution in [3.05, 3.63) is 29.3 Å². The number of hydrogen-bond donors (Lipinski definition) is 1. The van der Waals surface area contributed by atoms with Gasteiger partial charge in [0.2, 0.25) is 5.91 Å². The van der Waals surface area contributed by atoms with Gasteiger partial charge in [-0.25, -0.2) is 4.79 Å². The third kappa shape index (κ3) is 4.43. The highest BCUT2D eigenvalue weighted by molar-refractivity contribution is 5.80. The van der Waals surface area contributed by atoms with E-state index in [0.29, 0.717) is 31.0 Å². The second-order valence-electron chi connectivity index (χ2n) is 7.78. The quantitative estimate of drug-likeness (QED) is 0.775. The Hall–Kier alpha value is -2.45. The number of likely N-dealkylation sites (tertiary alicyclic amines) is 1. The van der Waals surface area contributed by atoms with Crippen molar-refractivity contribution in [3.63, 3.8) is 0 Å². The summed E-state index contributed by atoms with van der Waals surface area (Å²) >= 11 is 0. The number of halogens is 3. The molecule has 1 saturated heterocycles. The number of nitrogens with zero attached hydrogens (tertiary/aromatic N) is 1. The average molecular weight is 414 g/mol. The zero-order valence-electron chi connectivity index (χ0n) is 16.6. The van der Waals surface area contributed by atoms with E-state index in [0.717, 1.165) is 12.0 Å². The van der Waals surface area contributed by atoms with Gasteiger partial charge in [0.25, 0.3) is 0 Å². The van der Waals surface area contributed by atoms with Crippen LogP contribution in [0.4, 0.5) is 18.0 Å². The molecule has 1 N–H and O–H groups in total. The number of piperidine rings is 1. The second-order valence-corrected chi connectivity index (χ2v) is 7.78. The van der Waals surface area contributed by atoms with E-state index in [1.807, 2.05) is 6.92 Å². The first-order valence-corrected chi connectivity index (χ1v) is 9.57. The van der Waals surface area contributed by atoms with E-state index in [9.17, 15) is 22.8 Å². The minimum Gasteiger partial charge on any atom is -0.453 e. The lowest BCUT2D eigenvalue weighted by Crippen LogP contribution is -2.42. The molecule has 2 unspecified atom stereocenters. The van der Waals surface area contributed by atoms with E-state index in [1.165, 1.54) is 13.2 Å². The Morgan fingerprint density at radius 1 is 1.38 bits per heavy atom. The molecule has 160 valence electrons. The smallest absolute Gasteiger partial charge is 0.453 e. The van der Waals surface area contributed by atoms with E-state index in [2.05, 4.69) is 14.8 Å². The number of benzene rings is 1. The number of rotatable bonds is 6. The maximum Gasteiger partial charge on any atom is 0.573 e. The largest absolute Gasteiger partial charge is 0.573 e. The molecule has 0 aromatic heterocycles. The summed E-state index contributed by atoms with van der Waals surface area (Å²) in [5, 5.41) is 2.57. The van der Waals surface area contributed by atoms with Gasteiger partial charge >= 0.3 is 12.5 Å². The highest BCUT2D eigenvalue weighted by atomic mass is 19.4. The molecule has 1 aliphatic heterocycles. The van der Waals surface area contributed by atoms with Crippen LogP contribution < -0.4 is 10.1 Å². The summed E-state index contributed by atoms with van der Waals surface area (Å²) < 4.78 is 46.1. The Morgan fingerprint density at radius 2 is 2.10 bits per heavy atom. The number of hydrogen-bond acceptors (Lipinski definition) is 4. The minimum atomic E-state index is -4.73. The van der Waals surface area contributed by atoms with E-state index in [4.69, 9.17) is 0 Å². The van der Waals surface area contributed by atoms with Crippen molar-refractivity contribution in [2.24, 2.45) is 11.8 Å². The summed E-state index contributed by atoms with van der Waals surface area (Å²) in [6.07, 6.45) is -3.81. The Morgan fingerprint density at radius 3 is 2.69 bits per heavy atom. The van der Waals surface area contributed by atoms with Gasteiger partial charge < -0.3 is 19.7 Å². The molecule has 1 heterocycles. The van der Waals surface area contributed by atoms with Crippen LogP contribution in [0.2, 0.25) is 0 Å². The molecule has 1 aromatic carbocycles. The predicted molar refractivity (Wildman–Crippen MR) is 98.4 cm³/mol. The van der Waals surface area contributed by atoms with Crippen molar-refractivity contribution in [3.8, 4) is 5.75 Å². The van der Waals surface area contributed by atoms with Gasteiger partial charge in [0.15, 0.2) is 0 Å². The summed E-state index contributed by atoms with van der Waals surface area (Å²) in [4.78, 5) is 26.0. The van der Waals surface area contributed by atoms with E-state index < -0.39 is 12.5 Å². The van der Waals surface area contributed by atoms with Gasteiger partial charge in [0, 0.05) is 25.0 Å². The molecule has 2 amide bonds. The molecule has 6 nitrogen and oxygen atoms in total. The van der Waals surface area contributed by atoms with Crippen LogP contribution in [0.25, 0.3) is 0 Å². The minimum absolute atomic E-state index is 0.0239. The molecular formula is C20H25F3N2O4. The monoisotopic (exact) mass is 414 g/mol. The predicted octanol–water partition coefficient (Wildman–Crippen LogP) is 3.38. The van der Waals surface area contributed by atoms with Crippen molar-refractivity contribution in [2.45, 2.75) is 38.5 Å². The first kappa shape index (κ1) is 21.3. The van der Waals surface area contributed by atoms with Crippen LogP contribution in [0.15, 0.2) is 18.2 Å². The van der Waals surface area contributed by atoms with E-state index in [1.54, 1.807) is 24.0 Å². The summed E-state index contributed by atoms with van der Waals surface area (Å²) in [6, 6.07) is 4.74. The number of alkyl carbamates (subject to hydrolysis) is 1. The molecule has 3 rings (SSSR count). The molecule has 1 aliphatic carbocycles. The maximum atomic E-state index is 12.9. The van der Waals surface area contributed by atoms with Crippen LogP contribution >= 0.6 is 0 Å². The summed E-state index contributed by atoms with van der Waals surface area (Å²) in [7, 11) is 1.27. The van der Waals surface area contributed by atoms with Crippen LogP contribution in [-0.2, 0) is 14.9 Å². The number of methoxy groups -OCH3 is 1. The van der Waals surface area contributed by atoms with Gasteiger partial charge in [-0.1, -0.05) is 19.1 Å². The standard InChI is InChI=1S/C20H25F3N2O4/c1-4-13(9-24-18(27)28-3)17(26)25-10-15-8-19(15,11-25)14-5-6-16(12(2)7-14)29-20(21,22)23/h5-7,13,15H,4,8-11H2,1-3H3,(H,24,27)/t13-,15?,19?/m1/s1. The molecule has 2 fully saturated rings. The summed E-state index contributed by atoms with van der Waals surface area (Å²) in [5.74, 6) is -0.274. The van der Waals surface area contributed by atoms with Crippen LogP contribution in [0.3, 0.4) is 0 Å². The number of carbonyl (C=O) groups is 2. The third-order valence-electron chi connectivity index (χ3n) is 5.95. The third-order valence-corrected chi connectivity index (χ3v) is 5.95. The fourth-order valence-electron chi connectivity index (χ4n) is 4.24. The van der Waals surface area contributed by atoms with Crippen molar-refractivity contribution < 1.29 is 32.2 Å². The van der Waals surface area contributed by atoms with E-state index in [-0.39, 0.29) is 29.5 Å². The van der Waals surface area contributed by atoms with Crippen molar-refractivity contribution >= 4 is 12.0 Å².